The van der Waals surface area contributed by atoms with Crippen molar-refractivity contribution in [3.8, 4) is 0 Å². The summed E-state index contributed by atoms with van der Waals surface area (Å²) in [6, 6.07) is 2.33. The van der Waals surface area contributed by atoms with Crippen LogP contribution >= 0.6 is 23.2 Å². The van der Waals surface area contributed by atoms with E-state index in [1.165, 1.54) is 6.07 Å². The van der Waals surface area contributed by atoms with Crippen molar-refractivity contribution < 1.29 is 24.0 Å². The van der Waals surface area contributed by atoms with Crippen molar-refractivity contribution >= 4 is 46.5 Å². The SMILES string of the molecule is COC(=O)/C=C(/Nc1c(Cl)ccc([N+](=O)[O-])c1Cl)C(=O)OC. The molecule has 0 amide bonds. The fourth-order valence-electron chi connectivity index (χ4n) is 1.36. The average Bonchev–Trinajstić information content (AvgIpc) is 2.48. The Labute approximate surface area is 134 Å². The van der Waals surface area contributed by atoms with Crippen LogP contribution in [0.3, 0.4) is 0 Å². The second-order valence-corrected chi connectivity index (χ2v) is 4.50. The highest BCUT2D eigenvalue weighted by Crippen LogP contribution is 2.38. The molecule has 0 atom stereocenters. The van der Waals surface area contributed by atoms with E-state index in [9.17, 15) is 19.7 Å². The van der Waals surface area contributed by atoms with E-state index in [1.54, 1.807) is 0 Å². The van der Waals surface area contributed by atoms with Crippen molar-refractivity contribution in [2.24, 2.45) is 0 Å². The van der Waals surface area contributed by atoms with Crippen LogP contribution in [0.2, 0.25) is 10.0 Å². The molecule has 0 heterocycles. The number of ether oxygens (including phenoxy) is 2. The van der Waals surface area contributed by atoms with Gasteiger partial charge in [-0.15, -0.1) is 0 Å². The number of hydrogen-bond donors (Lipinski definition) is 1. The predicted octanol–water partition coefficient (Wildman–Crippen LogP) is 2.54. The molecule has 0 aliphatic carbocycles. The van der Waals surface area contributed by atoms with Crippen molar-refractivity contribution in [3.05, 3.63) is 44.1 Å². The molecule has 0 bridgehead atoms. The predicted molar refractivity (Wildman–Crippen MR) is 78.9 cm³/mol. The van der Waals surface area contributed by atoms with Gasteiger partial charge in [0.05, 0.1) is 35.9 Å². The van der Waals surface area contributed by atoms with Crippen molar-refractivity contribution in [1.82, 2.24) is 0 Å². The molecule has 118 valence electrons. The Morgan fingerprint density at radius 3 is 2.41 bits per heavy atom. The van der Waals surface area contributed by atoms with E-state index in [2.05, 4.69) is 14.8 Å². The Hall–Kier alpha value is -2.32. The summed E-state index contributed by atoms with van der Waals surface area (Å²) >= 11 is 11.8. The third-order valence-electron chi connectivity index (χ3n) is 2.40. The Bertz CT molecular complexity index is 659. The lowest BCUT2D eigenvalue weighted by molar-refractivity contribution is -0.384. The minimum atomic E-state index is -0.913. The number of nitro benzene ring substituents is 1. The second kappa shape index (κ2) is 7.62. The number of nitro groups is 1. The minimum absolute atomic E-state index is 0.00951. The van der Waals surface area contributed by atoms with Gasteiger partial charge >= 0.3 is 11.9 Å². The molecule has 22 heavy (non-hydrogen) atoms. The monoisotopic (exact) mass is 348 g/mol. The quantitative estimate of drug-likeness (QED) is 0.377. The maximum absolute atomic E-state index is 11.6. The summed E-state index contributed by atoms with van der Waals surface area (Å²) in [7, 11) is 2.20. The topological polar surface area (TPSA) is 108 Å². The maximum Gasteiger partial charge on any atom is 0.354 e. The molecule has 10 heteroatoms. The molecule has 8 nitrogen and oxygen atoms in total. The molecule has 0 radical (unpaired) electrons. The van der Waals surface area contributed by atoms with Crippen LogP contribution in [0.5, 0.6) is 0 Å². The van der Waals surface area contributed by atoms with Crippen LogP contribution in [0, 0.1) is 10.1 Å². The largest absolute Gasteiger partial charge is 0.466 e. The molecule has 1 rings (SSSR count). The van der Waals surface area contributed by atoms with E-state index in [4.69, 9.17) is 23.2 Å². The van der Waals surface area contributed by atoms with Crippen molar-refractivity contribution in [3.63, 3.8) is 0 Å². The lowest BCUT2D eigenvalue weighted by Gasteiger charge is -2.12. The van der Waals surface area contributed by atoms with Crippen LogP contribution in [0.4, 0.5) is 11.4 Å². The molecule has 1 N–H and O–H groups in total. The van der Waals surface area contributed by atoms with Crippen LogP contribution in [0.25, 0.3) is 0 Å². The first kappa shape index (κ1) is 17.7. The van der Waals surface area contributed by atoms with E-state index in [0.717, 1.165) is 26.4 Å². The van der Waals surface area contributed by atoms with Crippen LogP contribution in [-0.2, 0) is 19.1 Å². The van der Waals surface area contributed by atoms with E-state index in [0.29, 0.717) is 0 Å². The first-order valence-corrected chi connectivity index (χ1v) is 6.34. The number of nitrogens with one attached hydrogen (secondary N) is 1. The molecule has 0 aliphatic heterocycles. The summed E-state index contributed by atoms with van der Waals surface area (Å²) in [5, 5.41) is 13.0. The minimum Gasteiger partial charge on any atom is -0.466 e. The Balaban J connectivity index is 3.32. The lowest BCUT2D eigenvalue weighted by atomic mass is 10.2. The molecule has 0 unspecified atom stereocenters. The number of methoxy groups -OCH3 is 2. The number of hydrogen-bond acceptors (Lipinski definition) is 7. The molecule has 0 aliphatic rings. The van der Waals surface area contributed by atoms with Gasteiger partial charge in [-0.2, -0.15) is 0 Å². The first-order valence-electron chi connectivity index (χ1n) is 5.59. The number of esters is 2. The van der Waals surface area contributed by atoms with Crippen molar-refractivity contribution in [1.29, 1.82) is 0 Å². The molecule has 0 spiro atoms. The molecule has 1 aromatic rings. The number of anilines is 1. The van der Waals surface area contributed by atoms with Crippen LogP contribution < -0.4 is 5.32 Å². The van der Waals surface area contributed by atoms with Gasteiger partial charge < -0.3 is 14.8 Å². The summed E-state index contributed by atoms with van der Waals surface area (Å²) in [6.07, 6.45) is 0.803. The zero-order valence-corrected chi connectivity index (χ0v) is 12.9. The smallest absolute Gasteiger partial charge is 0.354 e. The van der Waals surface area contributed by atoms with E-state index in [1.807, 2.05) is 0 Å². The molecular weight excluding hydrogens is 339 g/mol. The molecule has 0 saturated carbocycles. The maximum atomic E-state index is 11.6. The van der Waals surface area contributed by atoms with Gasteiger partial charge in [-0.05, 0) is 6.07 Å². The van der Waals surface area contributed by atoms with Gasteiger partial charge in [-0.1, -0.05) is 23.2 Å². The summed E-state index contributed by atoms with van der Waals surface area (Å²) in [5.41, 5.74) is -0.882. The lowest BCUT2D eigenvalue weighted by Crippen LogP contribution is -2.16. The Kier molecular flexibility index (Phi) is 6.14. The van der Waals surface area contributed by atoms with E-state index < -0.39 is 22.5 Å². The van der Waals surface area contributed by atoms with Crippen LogP contribution in [0.15, 0.2) is 23.9 Å². The summed E-state index contributed by atoms with van der Waals surface area (Å²) < 4.78 is 8.89. The van der Waals surface area contributed by atoms with Crippen molar-refractivity contribution in [2.75, 3.05) is 19.5 Å². The number of halogens is 2. The molecule has 1 aromatic carbocycles. The molecule has 0 aromatic heterocycles. The average molecular weight is 349 g/mol. The van der Waals surface area contributed by atoms with Gasteiger partial charge in [0.2, 0.25) is 0 Å². The van der Waals surface area contributed by atoms with Crippen LogP contribution in [0.1, 0.15) is 0 Å². The summed E-state index contributed by atoms with van der Waals surface area (Å²) in [4.78, 5) is 33.0. The van der Waals surface area contributed by atoms with E-state index in [-0.39, 0.29) is 21.4 Å². The Morgan fingerprint density at radius 2 is 1.91 bits per heavy atom. The van der Waals surface area contributed by atoms with E-state index >= 15 is 0 Å². The van der Waals surface area contributed by atoms with Crippen LogP contribution in [-0.4, -0.2) is 31.1 Å². The second-order valence-electron chi connectivity index (χ2n) is 3.71. The fraction of sp³-hybridized carbons (Fsp3) is 0.167. The number of nitrogens with zero attached hydrogens (tertiary/aromatic N) is 1. The number of rotatable bonds is 5. The third-order valence-corrected chi connectivity index (χ3v) is 3.09. The van der Waals surface area contributed by atoms with Gasteiger partial charge in [0.1, 0.15) is 10.7 Å². The zero-order chi connectivity index (χ0) is 16.9. The summed E-state index contributed by atoms with van der Waals surface area (Å²) in [5.74, 6) is -1.75. The fourth-order valence-corrected chi connectivity index (χ4v) is 1.90. The normalized spacial score (nSPS) is 10.8. The number of carbonyl (C=O) groups is 2. The third kappa shape index (κ3) is 4.09. The molecular formula is C12H10Cl2N2O6. The number of carbonyl (C=O) groups excluding carboxylic acids is 2. The van der Waals surface area contributed by atoms with Gasteiger partial charge in [0.15, 0.2) is 0 Å². The Morgan fingerprint density at radius 1 is 1.27 bits per heavy atom. The molecule has 0 fully saturated rings. The van der Waals surface area contributed by atoms with Gasteiger partial charge in [-0.25, -0.2) is 9.59 Å². The number of benzene rings is 1. The highest BCUT2D eigenvalue weighted by Gasteiger charge is 2.22. The zero-order valence-electron chi connectivity index (χ0n) is 11.4. The van der Waals surface area contributed by atoms with Crippen molar-refractivity contribution in [2.45, 2.75) is 0 Å². The van der Waals surface area contributed by atoms with Gasteiger partial charge in [-0.3, -0.25) is 10.1 Å². The highest BCUT2D eigenvalue weighted by atomic mass is 35.5. The first-order chi connectivity index (χ1) is 10.3. The molecule has 0 saturated heterocycles. The standard InChI is InChI=1S/C12H10Cl2N2O6/c1-21-9(17)5-7(12(18)22-2)15-11-6(13)3-4-8(10(11)14)16(19)20/h3-5,15H,1-2H3/b7-5+. The summed E-state index contributed by atoms with van der Waals surface area (Å²) in [6.45, 7) is 0. The van der Waals surface area contributed by atoms with Gasteiger partial charge in [0.25, 0.3) is 5.69 Å². The van der Waals surface area contributed by atoms with Gasteiger partial charge in [0, 0.05) is 6.07 Å². The highest BCUT2D eigenvalue weighted by molar-refractivity contribution is 6.40.